The Kier molecular flexibility index (Phi) is 5.89. The number of carbonyl (C=O) groups is 1. The molecule has 0 atom stereocenters. The Morgan fingerprint density at radius 2 is 1.94 bits per heavy atom. The lowest BCUT2D eigenvalue weighted by atomic mass is 9.89. The van der Waals surface area contributed by atoms with Crippen molar-refractivity contribution in [2.75, 3.05) is 0 Å². The van der Waals surface area contributed by atoms with E-state index in [1.54, 1.807) is 24.7 Å². The Balaban J connectivity index is 2.03. The number of pyridine rings is 1. The number of benzene rings is 2. The van der Waals surface area contributed by atoms with Crippen molar-refractivity contribution in [1.82, 2.24) is 14.5 Å². The van der Waals surface area contributed by atoms with Gasteiger partial charge < -0.3 is 14.4 Å². The fraction of sp³-hybridized carbons (Fsp3) is 0.269. The van der Waals surface area contributed by atoms with E-state index in [9.17, 15) is 9.90 Å². The van der Waals surface area contributed by atoms with Crippen molar-refractivity contribution in [3.63, 3.8) is 0 Å². The first kappa shape index (κ1) is 22.8. The van der Waals surface area contributed by atoms with Gasteiger partial charge in [0.05, 0.1) is 35.8 Å². The Morgan fingerprint density at radius 3 is 2.58 bits per heavy atom. The normalized spacial score (nSPS) is 11.7. The molecule has 2 heterocycles. The molecule has 0 aliphatic rings. The first-order chi connectivity index (χ1) is 15.5. The van der Waals surface area contributed by atoms with Crippen molar-refractivity contribution in [2.24, 2.45) is 7.05 Å². The number of aliphatic carboxylic acids is 1. The van der Waals surface area contributed by atoms with Gasteiger partial charge in [0.2, 0.25) is 0 Å². The third-order valence-electron chi connectivity index (χ3n) is 5.36. The molecule has 0 bridgehead atoms. The van der Waals surface area contributed by atoms with Crippen molar-refractivity contribution < 1.29 is 14.6 Å². The topological polar surface area (TPSA) is 77.2 Å². The number of aryl methyl sites for hydroxylation is 2. The third kappa shape index (κ3) is 4.71. The summed E-state index contributed by atoms with van der Waals surface area (Å²) in [5, 5.41) is 11.1. The van der Waals surface area contributed by atoms with Crippen LogP contribution >= 0.6 is 11.6 Å². The number of fused-ring (bicyclic) bond motifs is 1. The molecule has 4 aromatic rings. The number of aromatic nitrogens is 3. The summed E-state index contributed by atoms with van der Waals surface area (Å²) in [7, 11) is 1.92. The van der Waals surface area contributed by atoms with Gasteiger partial charge in [0.15, 0.2) is 0 Å². The largest absolute Gasteiger partial charge is 0.487 e. The van der Waals surface area contributed by atoms with E-state index in [2.05, 4.69) is 4.98 Å². The van der Waals surface area contributed by atoms with Crippen molar-refractivity contribution in [3.05, 3.63) is 65.1 Å². The zero-order chi connectivity index (χ0) is 23.9. The number of hydrogen-bond acceptors (Lipinski definition) is 4. The molecule has 0 aliphatic heterocycles. The van der Waals surface area contributed by atoms with Crippen LogP contribution in [0.2, 0.25) is 5.02 Å². The van der Waals surface area contributed by atoms with Gasteiger partial charge in [-0.25, -0.2) is 9.97 Å². The van der Waals surface area contributed by atoms with E-state index < -0.39 is 11.6 Å². The molecular weight excluding hydrogens is 438 g/mol. The molecule has 4 rings (SSSR count). The maximum absolute atomic E-state index is 11.8. The molecule has 0 fully saturated rings. The number of hydrogen-bond donors (Lipinski definition) is 1. The average molecular weight is 464 g/mol. The third-order valence-corrected chi connectivity index (χ3v) is 5.60. The molecule has 6 nitrogen and oxygen atoms in total. The van der Waals surface area contributed by atoms with Gasteiger partial charge in [-0.1, -0.05) is 11.6 Å². The molecule has 0 radical (unpaired) electrons. The fourth-order valence-electron chi connectivity index (χ4n) is 4.00. The van der Waals surface area contributed by atoms with Crippen LogP contribution in [0.1, 0.15) is 31.9 Å². The van der Waals surface area contributed by atoms with Gasteiger partial charge in [0, 0.05) is 23.0 Å². The summed E-state index contributed by atoms with van der Waals surface area (Å²) >= 11 is 6.30. The molecule has 0 unspecified atom stereocenters. The molecule has 0 aliphatic carbocycles. The van der Waals surface area contributed by atoms with E-state index in [1.165, 1.54) is 0 Å². The van der Waals surface area contributed by atoms with Crippen molar-refractivity contribution in [3.8, 4) is 28.3 Å². The van der Waals surface area contributed by atoms with E-state index in [1.807, 2.05) is 63.6 Å². The monoisotopic (exact) mass is 463 g/mol. The van der Waals surface area contributed by atoms with Crippen LogP contribution in [-0.2, 0) is 18.3 Å². The highest BCUT2D eigenvalue weighted by Gasteiger charge is 2.22. The van der Waals surface area contributed by atoms with Crippen molar-refractivity contribution >= 4 is 28.5 Å². The predicted octanol–water partition coefficient (Wildman–Crippen LogP) is 6.07. The van der Waals surface area contributed by atoms with E-state index in [4.69, 9.17) is 21.3 Å². The second-order valence-corrected chi connectivity index (χ2v) is 9.56. The van der Waals surface area contributed by atoms with Gasteiger partial charge in [0.1, 0.15) is 11.4 Å². The summed E-state index contributed by atoms with van der Waals surface area (Å²) in [5.74, 6) is -0.297. The SMILES string of the molecule is Cc1cc2nc(-c3cncn3C)ccc2c(-c2ccc(Cl)cc2OC(C)(C)C)c1CC(=O)O. The summed E-state index contributed by atoms with van der Waals surface area (Å²) in [6.45, 7) is 7.81. The minimum absolute atomic E-state index is 0.113. The van der Waals surface area contributed by atoms with Crippen LogP contribution in [0, 0.1) is 6.92 Å². The smallest absolute Gasteiger partial charge is 0.307 e. The standard InChI is InChI=1S/C26H26ClN3O3/c1-15-10-21-17(8-9-20(29-21)22-13-28-14-30(22)5)25(19(15)12-24(31)32)18-7-6-16(27)11-23(18)33-26(2,3)4/h6-11,13-14H,12H2,1-5H3,(H,31,32). The van der Waals surface area contributed by atoms with Crippen molar-refractivity contribution in [1.29, 1.82) is 0 Å². The maximum Gasteiger partial charge on any atom is 0.307 e. The molecular formula is C26H26ClN3O3. The number of carboxylic acids is 1. The van der Waals surface area contributed by atoms with Crippen LogP contribution in [0.15, 0.2) is 48.9 Å². The zero-order valence-corrected chi connectivity index (χ0v) is 20.1. The number of halogens is 1. The highest BCUT2D eigenvalue weighted by molar-refractivity contribution is 6.30. The molecule has 0 spiro atoms. The first-order valence-electron chi connectivity index (χ1n) is 10.6. The Labute approximate surface area is 197 Å². The molecule has 2 aromatic heterocycles. The Bertz CT molecular complexity index is 1370. The number of ether oxygens (including phenoxy) is 1. The van der Waals surface area contributed by atoms with Gasteiger partial charge in [-0.15, -0.1) is 0 Å². The molecule has 170 valence electrons. The van der Waals surface area contributed by atoms with E-state index >= 15 is 0 Å². The van der Waals surface area contributed by atoms with Gasteiger partial charge in [-0.3, -0.25) is 4.79 Å². The van der Waals surface area contributed by atoms with Crippen LogP contribution in [0.4, 0.5) is 0 Å². The van der Waals surface area contributed by atoms with Crippen LogP contribution in [0.5, 0.6) is 5.75 Å². The highest BCUT2D eigenvalue weighted by Crippen LogP contribution is 2.42. The summed E-state index contributed by atoms with van der Waals surface area (Å²) in [5.41, 5.74) is 5.16. The van der Waals surface area contributed by atoms with E-state index in [-0.39, 0.29) is 6.42 Å². The van der Waals surface area contributed by atoms with Gasteiger partial charge in [0.25, 0.3) is 0 Å². The summed E-state index contributed by atoms with van der Waals surface area (Å²) in [6, 6.07) is 11.3. The lowest BCUT2D eigenvalue weighted by molar-refractivity contribution is -0.136. The number of nitrogens with zero attached hydrogens (tertiary/aromatic N) is 3. The van der Waals surface area contributed by atoms with Crippen LogP contribution in [0.25, 0.3) is 33.4 Å². The minimum Gasteiger partial charge on any atom is -0.487 e. The molecule has 0 amide bonds. The van der Waals surface area contributed by atoms with E-state index in [0.29, 0.717) is 10.8 Å². The number of rotatable bonds is 5. The molecule has 33 heavy (non-hydrogen) atoms. The van der Waals surface area contributed by atoms with Gasteiger partial charge in [-0.05, 0) is 80.8 Å². The first-order valence-corrected chi connectivity index (χ1v) is 11.0. The highest BCUT2D eigenvalue weighted by atomic mass is 35.5. The zero-order valence-electron chi connectivity index (χ0n) is 19.3. The second-order valence-electron chi connectivity index (χ2n) is 9.13. The van der Waals surface area contributed by atoms with Gasteiger partial charge >= 0.3 is 5.97 Å². The summed E-state index contributed by atoms with van der Waals surface area (Å²) in [6.07, 6.45) is 3.39. The quantitative estimate of drug-likeness (QED) is 0.388. The lowest BCUT2D eigenvalue weighted by Gasteiger charge is -2.25. The number of carboxylic acid groups (broad SMARTS) is 1. The minimum atomic E-state index is -0.898. The van der Waals surface area contributed by atoms with Crippen molar-refractivity contribution in [2.45, 2.75) is 39.7 Å². The predicted molar refractivity (Wildman–Crippen MR) is 131 cm³/mol. The summed E-state index contributed by atoms with van der Waals surface area (Å²) in [4.78, 5) is 20.9. The molecule has 2 aromatic carbocycles. The number of imidazole rings is 1. The maximum atomic E-state index is 11.8. The summed E-state index contributed by atoms with van der Waals surface area (Å²) < 4.78 is 8.16. The Hall–Kier alpha value is -3.38. The molecule has 1 N–H and O–H groups in total. The van der Waals surface area contributed by atoms with Crippen LogP contribution in [-0.4, -0.2) is 31.2 Å². The average Bonchev–Trinajstić information content (AvgIpc) is 3.13. The lowest BCUT2D eigenvalue weighted by Crippen LogP contribution is -2.23. The van der Waals surface area contributed by atoms with Gasteiger partial charge in [-0.2, -0.15) is 0 Å². The molecule has 0 saturated carbocycles. The van der Waals surface area contributed by atoms with Crippen LogP contribution < -0.4 is 4.74 Å². The molecule has 7 heteroatoms. The van der Waals surface area contributed by atoms with E-state index in [0.717, 1.165) is 44.5 Å². The van der Waals surface area contributed by atoms with Crippen LogP contribution in [0.3, 0.4) is 0 Å². The second kappa shape index (κ2) is 8.52. The Morgan fingerprint density at radius 1 is 1.18 bits per heavy atom. The molecule has 0 saturated heterocycles. The fourth-order valence-corrected chi connectivity index (χ4v) is 4.16.